The fourth-order valence-electron chi connectivity index (χ4n) is 2.20. The molecule has 0 aliphatic rings. The van der Waals surface area contributed by atoms with Crippen LogP contribution in [0.5, 0.6) is 0 Å². The molecule has 0 heterocycles. The highest BCUT2D eigenvalue weighted by molar-refractivity contribution is 9.10. The summed E-state index contributed by atoms with van der Waals surface area (Å²) >= 11 is 9.49. The number of halogens is 2. The van der Waals surface area contributed by atoms with Crippen molar-refractivity contribution in [3.63, 3.8) is 0 Å². The maximum absolute atomic E-state index is 6.00. The van der Waals surface area contributed by atoms with Crippen molar-refractivity contribution >= 4 is 44.6 Å². The number of rotatable bonds is 3. The first-order valence-corrected chi connectivity index (χ1v) is 7.77. The van der Waals surface area contributed by atoms with E-state index in [9.17, 15) is 0 Å². The number of hydrogen-bond acceptors (Lipinski definition) is 1. The molecule has 0 atom stereocenters. The molecule has 3 aromatic carbocycles. The lowest BCUT2D eigenvalue weighted by atomic mass is 10.2. The molecule has 0 bridgehead atoms. The van der Waals surface area contributed by atoms with Gasteiger partial charge in [-0.3, -0.25) is 0 Å². The van der Waals surface area contributed by atoms with E-state index >= 15 is 0 Å². The first-order valence-electron chi connectivity index (χ1n) is 6.60. The molecule has 0 saturated heterocycles. The summed E-state index contributed by atoms with van der Waals surface area (Å²) in [6.07, 6.45) is 0. The molecule has 3 aromatic rings. The minimum absolute atomic E-state index is 0.738. The zero-order valence-electron chi connectivity index (χ0n) is 11.2. The molecule has 0 unspecified atom stereocenters. The van der Waals surface area contributed by atoms with Gasteiger partial charge in [0, 0.05) is 26.6 Å². The van der Waals surface area contributed by atoms with Crippen LogP contribution in [0.1, 0.15) is 0 Å². The van der Waals surface area contributed by atoms with Gasteiger partial charge >= 0.3 is 0 Å². The number of nitrogens with zero attached hydrogens (tertiary/aromatic N) is 1. The highest BCUT2D eigenvalue weighted by Gasteiger charge is 2.11. The summed E-state index contributed by atoms with van der Waals surface area (Å²) in [5, 5.41) is 0.738. The standard InChI is InChI=1S/C18H13BrClN/c19-14-6-10-17(11-7-14)21(16-4-2-1-3-5-16)18-12-8-15(20)9-13-18/h1-13H. The highest BCUT2D eigenvalue weighted by Crippen LogP contribution is 2.35. The third-order valence-electron chi connectivity index (χ3n) is 3.18. The maximum atomic E-state index is 6.00. The van der Waals surface area contributed by atoms with Gasteiger partial charge in [-0.25, -0.2) is 0 Å². The average molecular weight is 359 g/mol. The fraction of sp³-hybridized carbons (Fsp3) is 0. The average Bonchev–Trinajstić information content (AvgIpc) is 2.52. The first-order chi connectivity index (χ1) is 10.2. The van der Waals surface area contributed by atoms with Gasteiger partial charge in [-0.2, -0.15) is 0 Å². The third kappa shape index (κ3) is 3.29. The zero-order chi connectivity index (χ0) is 14.7. The van der Waals surface area contributed by atoms with Crippen LogP contribution < -0.4 is 4.90 Å². The van der Waals surface area contributed by atoms with Gasteiger partial charge in [0.15, 0.2) is 0 Å². The van der Waals surface area contributed by atoms with Crippen molar-refractivity contribution in [1.29, 1.82) is 0 Å². The van der Waals surface area contributed by atoms with Crippen molar-refractivity contribution in [2.75, 3.05) is 4.90 Å². The van der Waals surface area contributed by atoms with Crippen molar-refractivity contribution in [3.05, 3.63) is 88.4 Å². The van der Waals surface area contributed by atoms with E-state index < -0.39 is 0 Å². The number of hydrogen-bond donors (Lipinski definition) is 0. The minimum Gasteiger partial charge on any atom is -0.311 e. The summed E-state index contributed by atoms with van der Waals surface area (Å²) in [7, 11) is 0. The highest BCUT2D eigenvalue weighted by atomic mass is 79.9. The molecule has 3 heteroatoms. The van der Waals surface area contributed by atoms with Gasteiger partial charge < -0.3 is 4.90 Å². The summed E-state index contributed by atoms with van der Waals surface area (Å²) in [5.74, 6) is 0. The van der Waals surface area contributed by atoms with Crippen LogP contribution in [-0.4, -0.2) is 0 Å². The van der Waals surface area contributed by atoms with Crippen LogP contribution in [-0.2, 0) is 0 Å². The normalized spacial score (nSPS) is 10.4. The van der Waals surface area contributed by atoms with Crippen LogP contribution in [0.3, 0.4) is 0 Å². The summed E-state index contributed by atoms with van der Waals surface area (Å²) in [6, 6.07) is 26.4. The second-order valence-corrected chi connectivity index (χ2v) is 5.98. The largest absolute Gasteiger partial charge is 0.311 e. The second kappa shape index (κ2) is 6.33. The molecule has 0 aliphatic heterocycles. The van der Waals surface area contributed by atoms with Gasteiger partial charge in [-0.15, -0.1) is 0 Å². The van der Waals surface area contributed by atoms with E-state index in [4.69, 9.17) is 11.6 Å². The lowest BCUT2D eigenvalue weighted by Gasteiger charge is -2.25. The smallest absolute Gasteiger partial charge is 0.0462 e. The van der Waals surface area contributed by atoms with Crippen molar-refractivity contribution in [3.8, 4) is 0 Å². The summed E-state index contributed by atoms with van der Waals surface area (Å²) in [6.45, 7) is 0. The van der Waals surface area contributed by atoms with Crippen LogP contribution in [0.15, 0.2) is 83.3 Å². The Morgan fingerprint density at radius 3 is 1.67 bits per heavy atom. The Labute approximate surface area is 137 Å². The topological polar surface area (TPSA) is 3.24 Å². The molecule has 104 valence electrons. The predicted octanol–water partition coefficient (Wildman–Crippen LogP) is 6.57. The number of anilines is 3. The molecular weight excluding hydrogens is 346 g/mol. The van der Waals surface area contributed by atoms with Crippen LogP contribution in [0, 0.1) is 0 Å². The molecule has 21 heavy (non-hydrogen) atoms. The van der Waals surface area contributed by atoms with Gasteiger partial charge in [0.05, 0.1) is 0 Å². The Bertz CT molecular complexity index is 663. The van der Waals surface area contributed by atoms with Crippen LogP contribution in [0.2, 0.25) is 5.02 Å². The number of benzene rings is 3. The van der Waals surface area contributed by atoms with E-state index in [1.807, 2.05) is 54.6 Å². The Hall–Kier alpha value is -1.77. The van der Waals surface area contributed by atoms with Gasteiger partial charge in [-0.1, -0.05) is 45.7 Å². The van der Waals surface area contributed by atoms with E-state index in [1.165, 1.54) is 0 Å². The molecule has 0 saturated carbocycles. The van der Waals surface area contributed by atoms with E-state index in [2.05, 4.69) is 45.1 Å². The molecule has 0 aromatic heterocycles. The molecule has 0 fully saturated rings. The van der Waals surface area contributed by atoms with Crippen LogP contribution in [0.25, 0.3) is 0 Å². The molecule has 3 rings (SSSR count). The molecule has 0 spiro atoms. The van der Waals surface area contributed by atoms with Gasteiger partial charge in [0.25, 0.3) is 0 Å². The molecule has 1 nitrogen and oxygen atoms in total. The molecular formula is C18H13BrClN. The Kier molecular flexibility index (Phi) is 4.28. The molecule has 0 amide bonds. The first kappa shape index (κ1) is 14.2. The Morgan fingerprint density at radius 1 is 0.619 bits per heavy atom. The SMILES string of the molecule is Clc1ccc(N(c2ccccc2)c2ccc(Br)cc2)cc1. The van der Waals surface area contributed by atoms with Crippen molar-refractivity contribution < 1.29 is 0 Å². The minimum atomic E-state index is 0.738. The second-order valence-electron chi connectivity index (χ2n) is 4.62. The maximum Gasteiger partial charge on any atom is 0.0462 e. The third-order valence-corrected chi connectivity index (χ3v) is 3.96. The van der Waals surface area contributed by atoms with E-state index in [1.54, 1.807) is 0 Å². The zero-order valence-corrected chi connectivity index (χ0v) is 13.6. The van der Waals surface area contributed by atoms with E-state index in [-0.39, 0.29) is 0 Å². The quantitative estimate of drug-likeness (QED) is 0.511. The van der Waals surface area contributed by atoms with E-state index in [0.717, 1.165) is 26.6 Å². The molecule has 0 radical (unpaired) electrons. The molecule has 0 aliphatic carbocycles. The monoisotopic (exact) mass is 357 g/mol. The lowest BCUT2D eigenvalue weighted by Crippen LogP contribution is -2.09. The van der Waals surface area contributed by atoms with Crippen molar-refractivity contribution in [2.45, 2.75) is 0 Å². The van der Waals surface area contributed by atoms with Crippen LogP contribution >= 0.6 is 27.5 Å². The Balaban J connectivity index is 2.11. The summed E-state index contributed by atoms with van der Waals surface area (Å²) in [4.78, 5) is 2.20. The van der Waals surface area contributed by atoms with Gasteiger partial charge in [0.1, 0.15) is 0 Å². The molecule has 0 N–H and O–H groups in total. The van der Waals surface area contributed by atoms with Gasteiger partial charge in [-0.05, 0) is 60.7 Å². The van der Waals surface area contributed by atoms with Crippen molar-refractivity contribution in [1.82, 2.24) is 0 Å². The summed E-state index contributed by atoms with van der Waals surface area (Å²) < 4.78 is 1.07. The Morgan fingerprint density at radius 2 is 1.10 bits per heavy atom. The van der Waals surface area contributed by atoms with E-state index in [0.29, 0.717) is 0 Å². The van der Waals surface area contributed by atoms with Crippen LogP contribution in [0.4, 0.5) is 17.1 Å². The summed E-state index contributed by atoms with van der Waals surface area (Å²) in [5.41, 5.74) is 3.29. The predicted molar refractivity (Wildman–Crippen MR) is 93.8 cm³/mol. The lowest BCUT2D eigenvalue weighted by molar-refractivity contribution is 1.28. The fourth-order valence-corrected chi connectivity index (χ4v) is 2.59. The van der Waals surface area contributed by atoms with Gasteiger partial charge in [0.2, 0.25) is 0 Å². The number of para-hydroxylation sites is 1. The van der Waals surface area contributed by atoms with Crippen molar-refractivity contribution in [2.24, 2.45) is 0 Å².